The van der Waals surface area contributed by atoms with Crippen LogP contribution in [0.15, 0.2) is 11.8 Å². The minimum atomic E-state index is -1.41. The highest BCUT2D eigenvalue weighted by atomic mass is 31.2. The Balaban J connectivity index is 4.03. The van der Waals surface area contributed by atoms with E-state index in [1.807, 2.05) is 0 Å². The summed E-state index contributed by atoms with van der Waals surface area (Å²) in [5.74, 6) is -0.0821. The van der Waals surface area contributed by atoms with Gasteiger partial charge in [-0.15, -0.1) is 0 Å². The van der Waals surface area contributed by atoms with Crippen molar-refractivity contribution in [3.63, 3.8) is 0 Å². The van der Waals surface area contributed by atoms with Gasteiger partial charge in [0.15, 0.2) is 0 Å². The van der Waals surface area contributed by atoms with Gasteiger partial charge in [0.25, 0.3) is 0 Å². The molecule has 76 valence electrons. The van der Waals surface area contributed by atoms with Crippen LogP contribution in [0.3, 0.4) is 0 Å². The second-order valence-corrected chi connectivity index (χ2v) is 3.32. The van der Waals surface area contributed by atoms with E-state index in [4.69, 9.17) is 13.6 Å². The summed E-state index contributed by atoms with van der Waals surface area (Å²) in [7, 11) is 2.80. The monoisotopic (exact) mass is 208 g/mol. The second kappa shape index (κ2) is 6.83. The summed E-state index contributed by atoms with van der Waals surface area (Å²) < 4.78 is 19.1. The summed E-state index contributed by atoms with van der Waals surface area (Å²) in [6.45, 7) is 1.62. The lowest BCUT2D eigenvalue weighted by molar-refractivity contribution is -0.135. The highest BCUT2D eigenvalue weighted by molar-refractivity contribution is 7.41. The van der Waals surface area contributed by atoms with Gasteiger partial charge in [-0.05, 0) is 6.92 Å². The minimum Gasteiger partial charge on any atom is -0.466 e. The number of esters is 1. The van der Waals surface area contributed by atoms with E-state index < -0.39 is 14.6 Å². The van der Waals surface area contributed by atoms with Crippen LogP contribution in [-0.4, -0.2) is 27.3 Å². The standard InChI is InChI=1S/C7H13O5P/c1-6(5-7(8)9-2)12-13(10-3)11-4/h5H,1-4H3. The Morgan fingerprint density at radius 3 is 2.15 bits per heavy atom. The quantitative estimate of drug-likeness (QED) is 0.297. The first-order chi connectivity index (χ1) is 6.13. The van der Waals surface area contributed by atoms with Crippen LogP contribution in [0.2, 0.25) is 0 Å². The van der Waals surface area contributed by atoms with E-state index in [1.165, 1.54) is 27.4 Å². The summed E-state index contributed by atoms with van der Waals surface area (Å²) >= 11 is 0. The molecule has 0 saturated carbocycles. The fraction of sp³-hybridized carbons (Fsp3) is 0.571. The molecule has 0 unspecified atom stereocenters. The van der Waals surface area contributed by atoms with Crippen LogP contribution < -0.4 is 0 Å². The minimum absolute atomic E-state index is 0.390. The molecule has 0 fully saturated rings. The largest absolute Gasteiger partial charge is 0.466 e. The van der Waals surface area contributed by atoms with E-state index in [9.17, 15) is 4.79 Å². The van der Waals surface area contributed by atoms with Gasteiger partial charge in [0.2, 0.25) is 0 Å². The molecule has 0 radical (unpaired) electrons. The molecule has 0 heterocycles. The van der Waals surface area contributed by atoms with Crippen molar-refractivity contribution in [3.05, 3.63) is 11.8 Å². The van der Waals surface area contributed by atoms with Crippen LogP contribution >= 0.6 is 8.60 Å². The number of carbonyl (C=O) groups excluding carboxylic acids is 1. The Kier molecular flexibility index (Phi) is 6.49. The van der Waals surface area contributed by atoms with Crippen LogP contribution in [-0.2, 0) is 23.1 Å². The third-order valence-corrected chi connectivity index (χ3v) is 2.07. The number of allylic oxidation sites excluding steroid dienone is 1. The fourth-order valence-corrected chi connectivity index (χ4v) is 1.10. The molecular weight excluding hydrogens is 195 g/mol. The summed E-state index contributed by atoms with van der Waals surface area (Å²) in [4.78, 5) is 10.7. The normalized spacial score (nSPS) is 11.6. The topological polar surface area (TPSA) is 54.0 Å². The Morgan fingerprint density at radius 1 is 1.23 bits per heavy atom. The first-order valence-electron chi connectivity index (χ1n) is 3.46. The number of rotatable bonds is 5. The van der Waals surface area contributed by atoms with Gasteiger partial charge < -0.3 is 18.3 Å². The molecule has 13 heavy (non-hydrogen) atoms. The molecule has 0 aromatic carbocycles. The summed E-state index contributed by atoms with van der Waals surface area (Å²) in [5.41, 5.74) is 0. The van der Waals surface area contributed by atoms with Gasteiger partial charge in [0, 0.05) is 14.2 Å². The maximum atomic E-state index is 10.7. The Morgan fingerprint density at radius 2 is 1.77 bits per heavy atom. The SMILES string of the molecule is COC(=O)C=C(C)OP(OC)OC. The number of carbonyl (C=O) groups is 1. The molecule has 0 aliphatic rings. The van der Waals surface area contributed by atoms with Crippen LogP contribution in [0.1, 0.15) is 6.92 Å². The summed E-state index contributed by atoms with van der Waals surface area (Å²) in [6, 6.07) is 0. The maximum absolute atomic E-state index is 10.7. The molecule has 0 aromatic heterocycles. The van der Waals surface area contributed by atoms with E-state index in [0.717, 1.165) is 0 Å². The Labute approximate surface area is 78.6 Å². The molecule has 0 aliphatic carbocycles. The number of ether oxygens (including phenoxy) is 1. The molecule has 0 amide bonds. The first-order valence-corrected chi connectivity index (χ1v) is 4.56. The molecule has 6 heteroatoms. The number of hydrogen-bond acceptors (Lipinski definition) is 5. The van der Waals surface area contributed by atoms with Crippen molar-refractivity contribution in [2.75, 3.05) is 21.3 Å². The average molecular weight is 208 g/mol. The van der Waals surface area contributed by atoms with Gasteiger partial charge in [-0.2, -0.15) is 0 Å². The number of methoxy groups -OCH3 is 1. The molecule has 0 N–H and O–H groups in total. The van der Waals surface area contributed by atoms with Crippen LogP contribution in [0.4, 0.5) is 0 Å². The molecule has 5 nitrogen and oxygen atoms in total. The van der Waals surface area contributed by atoms with Gasteiger partial charge in [0.1, 0.15) is 5.76 Å². The van der Waals surface area contributed by atoms with E-state index in [1.54, 1.807) is 6.92 Å². The van der Waals surface area contributed by atoms with Crippen LogP contribution in [0, 0.1) is 0 Å². The van der Waals surface area contributed by atoms with Crippen molar-refractivity contribution in [1.82, 2.24) is 0 Å². The highest BCUT2D eigenvalue weighted by Gasteiger charge is 2.09. The molecular formula is C7H13O5P. The lowest BCUT2D eigenvalue weighted by atomic mass is 10.5. The van der Waals surface area contributed by atoms with Crippen molar-refractivity contribution in [3.8, 4) is 0 Å². The van der Waals surface area contributed by atoms with E-state index >= 15 is 0 Å². The van der Waals surface area contributed by atoms with Gasteiger partial charge in [-0.1, -0.05) is 0 Å². The zero-order chi connectivity index (χ0) is 10.3. The predicted octanol–water partition coefficient (Wildman–Crippen LogP) is 1.60. The fourth-order valence-electron chi connectivity index (χ4n) is 0.518. The van der Waals surface area contributed by atoms with Gasteiger partial charge in [-0.3, -0.25) is 0 Å². The lowest BCUT2D eigenvalue weighted by Gasteiger charge is -2.12. The molecule has 0 bridgehead atoms. The highest BCUT2D eigenvalue weighted by Crippen LogP contribution is 2.39. The predicted molar refractivity (Wildman–Crippen MR) is 47.8 cm³/mol. The Hall–Kier alpha value is -0.640. The third-order valence-electron chi connectivity index (χ3n) is 1.04. The summed E-state index contributed by atoms with van der Waals surface area (Å²) in [5, 5.41) is 0. The zero-order valence-electron chi connectivity index (χ0n) is 8.07. The summed E-state index contributed by atoms with van der Waals surface area (Å²) in [6.07, 6.45) is 1.22. The van der Waals surface area contributed by atoms with Gasteiger partial charge >= 0.3 is 14.6 Å². The molecule has 0 spiro atoms. The lowest BCUT2D eigenvalue weighted by Crippen LogP contribution is -1.97. The molecule has 0 saturated heterocycles. The van der Waals surface area contributed by atoms with Crippen LogP contribution in [0.5, 0.6) is 0 Å². The van der Waals surface area contributed by atoms with Crippen molar-refractivity contribution < 1.29 is 23.1 Å². The van der Waals surface area contributed by atoms with Crippen molar-refractivity contribution >= 4 is 14.6 Å². The van der Waals surface area contributed by atoms with E-state index in [0.29, 0.717) is 5.76 Å². The number of hydrogen-bond donors (Lipinski definition) is 0. The maximum Gasteiger partial charge on any atom is 0.396 e. The van der Waals surface area contributed by atoms with E-state index in [-0.39, 0.29) is 0 Å². The molecule has 0 atom stereocenters. The van der Waals surface area contributed by atoms with Crippen LogP contribution in [0.25, 0.3) is 0 Å². The smallest absolute Gasteiger partial charge is 0.396 e. The Bertz CT molecular complexity index is 187. The average Bonchev–Trinajstić information content (AvgIpc) is 2.13. The van der Waals surface area contributed by atoms with Gasteiger partial charge in [-0.25, -0.2) is 4.79 Å². The first kappa shape index (κ1) is 12.4. The second-order valence-electron chi connectivity index (χ2n) is 1.96. The molecule has 0 aliphatic heterocycles. The third kappa shape index (κ3) is 5.58. The molecule has 0 rings (SSSR count). The van der Waals surface area contributed by atoms with Crippen molar-refractivity contribution in [2.24, 2.45) is 0 Å². The van der Waals surface area contributed by atoms with E-state index in [2.05, 4.69) is 4.74 Å². The zero-order valence-corrected chi connectivity index (χ0v) is 8.96. The van der Waals surface area contributed by atoms with Gasteiger partial charge in [0.05, 0.1) is 13.2 Å². The van der Waals surface area contributed by atoms with Crippen molar-refractivity contribution in [1.29, 1.82) is 0 Å². The molecule has 0 aromatic rings. The van der Waals surface area contributed by atoms with Crippen molar-refractivity contribution in [2.45, 2.75) is 6.92 Å².